The summed E-state index contributed by atoms with van der Waals surface area (Å²) in [6, 6.07) is 6.24. The molecule has 1 aromatic carbocycles. The van der Waals surface area contributed by atoms with E-state index in [0.29, 0.717) is 0 Å². The van der Waals surface area contributed by atoms with Crippen LogP contribution in [0, 0.1) is 6.92 Å². The average Bonchev–Trinajstić information content (AvgIpc) is 2.64. The Balaban J connectivity index is 2.29. The standard InChI is InChI=1S/C14H17N3O3/c1-9-8-16(2)14(20)17(9)11-5-3-10(4-6-11)7-12(15)13(18)19/h3-6,8,12H,7,15H2,1-2H3,(H,18,19). The number of carboxylic acid groups (broad SMARTS) is 1. The fourth-order valence-corrected chi connectivity index (χ4v) is 2.14. The molecule has 0 aliphatic carbocycles. The van der Waals surface area contributed by atoms with Gasteiger partial charge in [-0.3, -0.25) is 9.36 Å². The lowest BCUT2D eigenvalue weighted by Gasteiger charge is -2.08. The van der Waals surface area contributed by atoms with E-state index in [4.69, 9.17) is 10.8 Å². The molecule has 0 saturated carbocycles. The Kier molecular flexibility index (Phi) is 3.76. The molecule has 1 heterocycles. The molecule has 1 aromatic heterocycles. The number of carbonyl (C=O) groups is 1. The Labute approximate surface area is 116 Å². The Morgan fingerprint density at radius 2 is 1.95 bits per heavy atom. The van der Waals surface area contributed by atoms with Crippen LogP contribution in [0.2, 0.25) is 0 Å². The first-order valence-electron chi connectivity index (χ1n) is 6.23. The van der Waals surface area contributed by atoms with Gasteiger partial charge in [-0.25, -0.2) is 4.79 Å². The Morgan fingerprint density at radius 3 is 2.40 bits per heavy atom. The molecule has 0 radical (unpaired) electrons. The lowest BCUT2D eigenvalue weighted by atomic mass is 10.1. The summed E-state index contributed by atoms with van der Waals surface area (Å²) in [5, 5.41) is 8.78. The fourth-order valence-electron chi connectivity index (χ4n) is 2.14. The summed E-state index contributed by atoms with van der Waals surface area (Å²) in [5.74, 6) is -1.02. The number of hydrogen-bond acceptors (Lipinski definition) is 3. The van der Waals surface area contributed by atoms with Gasteiger partial charge < -0.3 is 15.4 Å². The minimum absolute atomic E-state index is 0.113. The maximum atomic E-state index is 12.0. The van der Waals surface area contributed by atoms with Crippen molar-refractivity contribution < 1.29 is 9.90 Å². The summed E-state index contributed by atoms with van der Waals surface area (Å²) >= 11 is 0. The van der Waals surface area contributed by atoms with Crippen molar-refractivity contribution in [2.75, 3.05) is 0 Å². The van der Waals surface area contributed by atoms with Crippen LogP contribution in [0.15, 0.2) is 35.3 Å². The second-order valence-corrected chi connectivity index (χ2v) is 4.81. The van der Waals surface area contributed by atoms with Gasteiger partial charge in [-0.1, -0.05) is 12.1 Å². The van der Waals surface area contributed by atoms with Crippen LogP contribution in [0.4, 0.5) is 0 Å². The molecule has 3 N–H and O–H groups in total. The smallest absolute Gasteiger partial charge is 0.332 e. The van der Waals surface area contributed by atoms with E-state index in [9.17, 15) is 9.59 Å². The molecule has 0 aliphatic rings. The van der Waals surface area contributed by atoms with Crippen molar-refractivity contribution in [1.29, 1.82) is 0 Å². The molecular formula is C14H17N3O3. The topological polar surface area (TPSA) is 90.3 Å². The maximum absolute atomic E-state index is 12.0. The zero-order valence-corrected chi connectivity index (χ0v) is 11.4. The molecule has 0 bridgehead atoms. The molecule has 6 nitrogen and oxygen atoms in total. The molecular weight excluding hydrogens is 258 g/mol. The highest BCUT2D eigenvalue weighted by Gasteiger charge is 2.12. The van der Waals surface area contributed by atoms with Gasteiger partial charge >= 0.3 is 11.7 Å². The van der Waals surface area contributed by atoms with E-state index in [1.807, 2.05) is 6.92 Å². The predicted octanol–water partition coefficient (Wildman–Crippen LogP) is 0.439. The zero-order valence-electron chi connectivity index (χ0n) is 11.4. The summed E-state index contributed by atoms with van der Waals surface area (Å²) < 4.78 is 3.12. The van der Waals surface area contributed by atoms with Gasteiger partial charge in [0.1, 0.15) is 6.04 Å². The van der Waals surface area contributed by atoms with Crippen molar-refractivity contribution in [3.63, 3.8) is 0 Å². The second-order valence-electron chi connectivity index (χ2n) is 4.81. The van der Waals surface area contributed by atoms with Crippen LogP contribution in [-0.2, 0) is 18.3 Å². The largest absolute Gasteiger partial charge is 0.480 e. The van der Waals surface area contributed by atoms with Crippen molar-refractivity contribution >= 4 is 5.97 Å². The number of rotatable bonds is 4. The normalized spacial score (nSPS) is 12.3. The molecule has 2 aromatic rings. The molecule has 20 heavy (non-hydrogen) atoms. The van der Waals surface area contributed by atoms with Gasteiger partial charge in [-0.2, -0.15) is 0 Å². The van der Waals surface area contributed by atoms with Crippen LogP contribution in [0.3, 0.4) is 0 Å². The highest BCUT2D eigenvalue weighted by atomic mass is 16.4. The molecule has 0 spiro atoms. The van der Waals surface area contributed by atoms with Crippen molar-refractivity contribution in [3.05, 3.63) is 52.2 Å². The van der Waals surface area contributed by atoms with Gasteiger partial charge in [0.15, 0.2) is 0 Å². The molecule has 1 atom stereocenters. The molecule has 0 aliphatic heterocycles. The minimum atomic E-state index is -1.02. The van der Waals surface area contributed by atoms with E-state index >= 15 is 0 Å². The predicted molar refractivity (Wildman–Crippen MR) is 75.1 cm³/mol. The first-order valence-corrected chi connectivity index (χ1v) is 6.23. The van der Waals surface area contributed by atoms with Gasteiger partial charge in [-0.05, 0) is 31.0 Å². The van der Waals surface area contributed by atoms with Crippen LogP contribution >= 0.6 is 0 Å². The van der Waals surface area contributed by atoms with Crippen LogP contribution in [-0.4, -0.2) is 26.3 Å². The number of imidazole rings is 1. The average molecular weight is 275 g/mol. The summed E-state index contributed by atoms with van der Waals surface area (Å²) in [7, 11) is 1.70. The van der Waals surface area contributed by atoms with Gasteiger partial charge in [0.05, 0.1) is 5.69 Å². The lowest BCUT2D eigenvalue weighted by Crippen LogP contribution is -2.32. The third kappa shape index (κ3) is 2.65. The fraction of sp³-hybridized carbons (Fsp3) is 0.286. The van der Waals surface area contributed by atoms with Crippen LogP contribution in [0.25, 0.3) is 5.69 Å². The molecule has 0 fully saturated rings. The number of carboxylic acids is 1. The molecule has 6 heteroatoms. The number of nitrogens with zero attached hydrogens (tertiary/aromatic N) is 2. The van der Waals surface area contributed by atoms with Gasteiger partial charge in [0.25, 0.3) is 0 Å². The molecule has 106 valence electrons. The summed E-state index contributed by atoms with van der Waals surface area (Å²) in [5.41, 5.74) is 7.79. The van der Waals surface area contributed by atoms with E-state index in [0.717, 1.165) is 16.9 Å². The first kappa shape index (κ1) is 14.1. The van der Waals surface area contributed by atoms with Crippen molar-refractivity contribution in [3.8, 4) is 5.69 Å². The first-order chi connectivity index (χ1) is 9.40. The van der Waals surface area contributed by atoms with Crippen LogP contribution < -0.4 is 11.4 Å². The number of nitrogens with two attached hydrogens (primary N) is 1. The van der Waals surface area contributed by atoms with E-state index in [1.54, 1.807) is 42.1 Å². The van der Waals surface area contributed by atoms with Gasteiger partial charge in [-0.15, -0.1) is 0 Å². The molecule has 0 saturated heterocycles. The third-order valence-electron chi connectivity index (χ3n) is 3.19. The molecule has 1 unspecified atom stereocenters. The van der Waals surface area contributed by atoms with Gasteiger partial charge in [0, 0.05) is 18.9 Å². The summed E-state index contributed by atoms with van der Waals surface area (Å²) in [6.45, 7) is 1.86. The number of hydrogen-bond donors (Lipinski definition) is 2. The Bertz CT molecular complexity index is 683. The van der Waals surface area contributed by atoms with Gasteiger partial charge in [0.2, 0.25) is 0 Å². The maximum Gasteiger partial charge on any atom is 0.332 e. The SMILES string of the molecule is Cc1cn(C)c(=O)n1-c1ccc(CC(N)C(=O)O)cc1. The minimum Gasteiger partial charge on any atom is -0.480 e. The molecule has 2 rings (SSSR count). The Morgan fingerprint density at radius 1 is 1.35 bits per heavy atom. The lowest BCUT2D eigenvalue weighted by molar-refractivity contribution is -0.138. The van der Waals surface area contributed by atoms with Crippen molar-refractivity contribution in [2.24, 2.45) is 12.8 Å². The number of aryl methyl sites for hydroxylation is 2. The van der Waals surface area contributed by atoms with Crippen molar-refractivity contribution in [2.45, 2.75) is 19.4 Å². The van der Waals surface area contributed by atoms with E-state index in [2.05, 4.69) is 0 Å². The van der Waals surface area contributed by atoms with Crippen molar-refractivity contribution in [1.82, 2.24) is 9.13 Å². The number of aromatic nitrogens is 2. The number of aliphatic carboxylic acids is 1. The molecule has 0 amide bonds. The highest BCUT2D eigenvalue weighted by Crippen LogP contribution is 2.11. The van der Waals surface area contributed by atoms with E-state index in [1.165, 1.54) is 4.57 Å². The third-order valence-corrected chi connectivity index (χ3v) is 3.19. The zero-order chi connectivity index (χ0) is 14.9. The highest BCUT2D eigenvalue weighted by molar-refractivity contribution is 5.73. The van der Waals surface area contributed by atoms with E-state index in [-0.39, 0.29) is 12.1 Å². The van der Waals surface area contributed by atoms with Crippen LogP contribution in [0.1, 0.15) is 11.3 Å². The van der Waals surface area contributed by atoms with E-state index < -0.39 is 12.0 Å². The Hall–Kier alpha value is -2.34. The quantitative estimate of drug-likeness (QED) is 0.847. The summed E-state index contributed by atoms with van der Waals surface area (Å²) in [6.07, 6.45) is 2.02. The monoisotopic (exact) mass is 275 g/mol. The second kappa shape index (κ2) is 5.34. The van der Waals surface area contributed by atoms with Crippen LogP contribution in [0.5, 0.6) is 0 Å². The summed E-state index contributed by atoms with van der Waals surface area (Å²) in [4.78, 5) is 22.7. The number of benzene rings is 1.